The highest BCUT2D eigenvalue weighted by atomic mass is 15.1. The van der Waals surface area contributed by atoms with Crippen molar-refractivity contribution < 1.29 is 0 Å². The Balaban J connectivity index is 2.82. The van der Waals surface area contributed by atoms with E-state index in [9.17, 15) is 0 Å². The first-order chi connectivity index (χ1) is 9.27. The van der Waals surface area contributed by atoms with Gasteiger partial charge in [-0.2, -0.15) is 0 Å². The highest BCUT2D eigenvalue weighted by Gasteiger charge is 2.24. The maximum atomic E-state index is 3.46. The minimum absolute atomic E-state index is 0.280. The first-order valence-corrected chi connectivity index (χ1v) is 7.80. The molecular weight excluding hydrogens is 244 g/mol. The molecule has 1 aromatic carbocycles. The Morgan fingerprint density at radius 2 is 1.90 bits per heavy atom. The van der Waals surface area contributed by atoms with Gasteiger partial charge in [0.1, 0.15) is 0 Å². The average Bonchev–Trinajstić information content (AvgIpc) is 2.36. The van der Waals surface area contributed by atoms with Gasteiger partial charge < -0.3 is 10.2 Å². The zero-order valence-corrected chi connectivity index (χ0v) is 14.4. The molecule has 20 heavy (non-hydrogen) atoms. The van der Waals surface area contributed by atoms with Gasteiger partial charge in [0.2, 0.25) is 0 Å². The lowest BCUT2D eigenvalue weighted by molar-refractivity contribution is 0.329. The number of hydrogen-bond acceptors (Lipinski definition) is 2. The summed E-state index contributed by atoms with van der Waals surface area (Å²) >= 11 is 0. The Morgan fingerprint density at radius 3 is 2.40 bits per heavy atom. The van der Waals surface area contributed by atoms with Crippen LogP contribution in [0.15, 0.2) is 18.2 Å². The molecule has 0 aliphatic rings. The molecule has 1 unspecified atom stereocenters. The number of benzene rings is 1. The Hall–Kier alpha value is -1.02. The number of nitrogens with one attached hydrogen (secondary N) is 1. The molecule has 114 valence electrons. The zero-order chi connectivity index (χ0) is 15.3. The first kappa shape index (κ1) is 17.0. The molecule has 1 atom stereocenters. The predicted molar refractivity (Wildman–Crippen MR) is 90.5 cm³/mol. The monoisotopic (exact) mass is 276 g/mol. The fraction of sp³-hybridized carbons (Fsp3) is 0.667. The van der Waals surface area contributed by atoms with Crippen LogP contribution in [-0.4, -0.2) is 19.6 Å². The molecular formula is C18H32N2. The number of anilines is 1. The van der Waals surface area contributed by atoms with E-state index in [0.29, 0.717) is 6.04 Å². The minimum atomic E-state index is 0.280. The molecule has 2 heteroatoms. The fourth-order valence-electron chi connectivity index (χ4n) is 2.42. The maximum Gasteiger partial charge on any atom is 0.0396 e. The second kappa shape index (κ2) is 7.12. The van der Waals surface area contributed by atoms with Gasteiger partial charge in [-0.15, -0.1) is 0 Å². The first-order valence-electron chi connectivity index (χ1n) is 7.80. The number of hydrogen-bond donors (Lipinski definition) is 1. The highest BCUT2D eigenvalue weighted by molar-refractivity contribution is 5.54. The number of rotatable bonds is 6. The molecule has 1 aromatic rings. The Kier molecular flexibility index (Phi) is 6.07. The SMILES string of the molecule is CCCNCc1ccc(N(C)C(C)C(C)(C)C)c(C)c1. The average molecular weight is 276 g/mol. The van der Waals surface area contributed by atoms with Crippen LogP contribution in [-0.2, 0) is 6.54 Å². The molecule has 1 N–H and O–H groups in total. The van der Waals surface area contributed by atoms with Gasteiger partial charge in [0.15, 0.2) is 0 Å². The normalized spacial score (nSPS) is 13.3. The summed E-state index contributed by atoms with van der Waals surface area (Å²) in [4.78, 5) is 2.40. The van der Waals surface area contributed by atoms with Crippen molar-refractivity contribution in [1.29, 1.82) is 0 Å². The summed E-state index contributed by atoms with van der Waals surface area (Å²) in [7, 11) is 2.20. The van der Waals surface area contributed by atoms with Crippen LogP contribution in [0.4, 0.5) is 5.69 Å². The van der Waals surface area contributed by atoms with E-state index in [-0.39, 0.29) is 5.41 Å². The Labute approximate surface area is 125 Å². The van der Waals surface area contributed by atoms with Gasteiger partial charge in [-0.25, -0.2) is 0 Å². The van der Waals surface area contributed by atoms with Crippen LogP contribution in [0.1, 0.15) is 52.2 Å². The van der Waals surface area contributed by atoms with Crippen molar-refractivity contribution in [2.75, 3.05) is 18.5 Å². The Morgan fingerprint density at radius 1 is 1.25 bits per heavy atom. The molecule has 0 saturated heterocycles. The smallest absolute Gasteiger partial charge is 0.0396 e. The van der Waals surface area contributed by atoms with Crippen molar-refractivity contribution in [2.24, 2.45) is 5.41 Å². The summed E-state index contributed by atoms with van der Waals surface area (Å²) in [6, 6.07) is 7.33. The lowest BCUT2D eigenvalue weighted by Crippen LogP contribution is -2.39. The quantitative estimate of drug-likeness (QED) is 0.776. The van der Waals surface area contributed by atoms with Crippen molar-refractivity contribution in [3.8, 4) is 0 Å². The third kappa shape index (κ3) is 4.52. The summed E-state index contributed by atoms with van der Waals surface area (Å²) in [5.74, 6) is 0. The van der Waals surface area contributed by atoms with Crippen LogP contribution >= 0.6 is 0 Å². The van der Waals surface area contributed by atoms with E-state index in [4.69, 9.17) is 0 Å². The van der Waals surface area contributed by atoms with Gasteiger partial charge in [-0.3, -0.25) is 0 Å². The third-order valence-corrected chi connectivity index (χ3v) is 4.23. The molecule has 0 amide bonds. The van der Waals surface area contributed by atoms with E-state index < -0.39 is 0 Å². The standard InChI is InChI=1S/C18H32N2/c1-8-11-19-13-16-9-10-17(14(2)12-16)20(7)15(3)18(4,5)6/h9-10,12,15,19H,8,11,13H2,1-7H3. The summed E-state index contributed by atoms with van der Waals surface area (Å²) in [6.45, 7) is 15.7. The number of aryl methyl sites for hydroxylation is 1. The number of nitrogens with zero attached hydrogens (tertiary/aromatic N) is 1. The van der Waals surface area contributed by atoms with Crippen LogP contribution in [0.5, 0.6) is 0 Å². The molecule has 0 aliphatic heterocycles. The van der Waals surface area contributed by atoms with Gasteiger partial charge in [-0.1, -0.05) is 39.8 Å². The van der Waals surface area contributed by atoms with Crippen molar-refractivity contribution in [2.45, 2.75) is 60.5 Å². The summed E-state index contributed by atoms with van der Waals surface area (Å²) in [6.07, 6.45) is 1.18. The summed E-state index contributed by atoms with van der Waals surface area (Å²) in [5, 5.41) is 3.46. The molecule has 0 spiro atoms. The largest absolute Gasteiger partial charge is 0.371 e. The fourth-order valence-corrected chi connectivity index (χ4v) is 2.42. The van der Waals surface area contributed by atoms with E-state index >= 15 is 0 Å². The predicted octanol–water partition coefficient (Wildman–Crippen LogP) is 4.37. The minimum Gasteiger partial charge on any atom is -0.371 e. The van der Waals surface area contributed by atoms with Crippen molar-refractivity contribution in [3.63, 3.8) is 0 Å². The molecule has 0 saturated carbocycles. The van der Waals surface area contributed by atoms with Gasteiger partial charge in [-0.05, 0) is 49.4 Å². The lowest BCUT2D eigenvalue weighted by atomic mass is 9.86. The van der Waals surface area contributed by atoms with E-state index in [0.717, 1.165) is 13.1 Å². The highest BCUT2D eigenvalue weighted by Crippen LogP contribution is 2.29. The molecule has 0 fully saturated rings. The summed E-state index contributed by atoms with van der Waals surface area (Å²) in [5.41, 5.74) is 4.35. The van der Waals surface area contributed by atoms with E-state index in [1.807, 2.05) is 0 Å². The Bertz CT molecular complexity index is 418. The van der Waals surface area contributed by atoms with Crippen LogP contribution in [0.2, 0.25) is 0 Å². The molecule has 0 aliphatic carbocycles. The molecule has 1 rings (SSSR count). The van der Waals surface area contributed by atoms with Crippen molar-refractivity contribution in [3.05, 3.63) is 29.3 Å². The summed E-state index contributed by atoms with van der Waals surface area (Å²) < 4.78 is 0. The van der Waals surface area contributed by atoms with Crippen LogP contribution < -0.4 is 10.2 Å². The second-order valence-corrected chi connectivity index (χ2v) is 6.95. The second-order valence-electron chi connectivity index (χ2n) is 6.95. The van der Waals surface area contributed by atoms with Gasteiger partial charge >= 0.3 is 0 Å². The zero-order valence-electron chi connectivity index (χ0n) is 14.4. The van der Waals surface area contributed by atoms with Gasteiger partial charge in [0.05, 0.1) is 0 Å². The van der Waals surface area contributed by atoms with Crippen LogP contribution in [0, 0.1) is 12.3 Å². The molecule has 0 heterocycles. The van der Waals surface area contributed by atoms with E-state index in [1.165, 1.54) is 23.2 Å². The molecule has 0 radical (unpaired) electrons. The van der Waals surface area contributed by atoms with Gasteiger partial charge in [0, 0.05) is 25.3 Å². The molecule has 2 nitrogen and oxygen atoms in total. The topological polar surface area (TPSA) is 15.3 Å². The third-order valence-electron chi connectivity index (χ3n) is 4.23. The van der Waals surface area contributed by atoms with E-state index in [1.54, 1.807) is 0 Å². The van der Waals surface area contributed by atoms with Gasteiger partial charge in [0.25, 0.3) is 0 Å². The molecule has 0 aromatic heterocycles. The van der Waals surface area contributed by atoms with Crippen molar-refractivity contribution >= 4 is 5.69 Å². The van der Waals surface area contributed by atoms with Crippen LogP contribution in [0.25, 0.3) is 0 Å². The lowest BCUT2D eigenvalue weighted by Gasteiger charge is -2.37. The van der Waals surface area contributed by atoms with Crippen molar-refractivity contribution in [1.82, 2.24) is 5.32 Å². The van der Waals surface area contributed by atoms with Crippen LogP contribution in [0.3, 0.4) is 0 Å². The van der Waals surface area contributed by atoms with E-state index in [2.05, 4.69) is 77.0 Å². The molecule has 0 bridgehead atoms. The maximum absolute atomic E-state index is 3.46.